The molecule has 0 radical (unpaired) electrons. The van der Waals surface area contributed by atoms with E-state index in [0.29, 0.717) is 17.2 Å². The number of fused-ring (bicyclic) bond motifs is 2. The van der Waals surface area contributed by atoms with Crippen LogP contribution in [0.3, 0.4) is 0 Å². The zero-order valence-electron chi connectivity index (χ0n) is 19.2. The molecule has 0 unspecified atom stereocenters. The van der Waals surface area contributed by atoms with E-state index in [9.17, 15) is 13.2 Å². The van der Waals surface area contributed by atoms with Gasteiger partial charge in [0.05, 0.1) is 11.3 Å². The summed E-state index contributed by atoms with van der Waals surface area (Å²) in [7, 11) is -2.45. The van der Waals surface area contributed by atoms with Crippen LogP contribution in [0.1, 0.15) is 34.0 Å². The van der Waals surface area contributed by atoms with Crippen LogP contribution in [-0.4, -0.2) is 32.2 Å². The largest absolute Gasteiger partial charge is 0.456 e. The number of carbonyl (C=O) groups excluding carboxylic acids is 1. The average Bonchev–Trinajstić information content (AvgIpc) is 2.90. The number of sulfonamides is 1. The summed E-state index contributed by atoms with van der Waals surface area (Å²) in [6, 6.07) is 13.7. The van der Waals surface area contributed by atoms with Crippen molar-refractivity contribution in [2.75, 3.05) is 18.9 Å². The molecule has 172 valence electrons. The second-order valence-corrected chi connectivity index (χ2v) is 10.1. The predicted molar refractivity (Wildman–Crippen MR) is 127 cm³/mol. The first-order valence-electron chi connectivity index (χ1n) is 10.6. The second-order valence-electron chi connectivity index (χ2n) is 8.12. The van der Waals surface area contributed by atoms with Crippen LogP contribution in [0.2, 0.25) is 0 Å². The molecule has 4 rings (SSSR count). The lowest BCUT2D eigenvalue weighted by molar-refractivity contribution is 0.102. The van der Waals surface area contributed by atoms with E-state index in [4.69, 9.17) is 9.47 Å². The first kappa shape index (κ1) is 22.8. The van der Waals surface area contributed by atoms with Gasteiger partial charge in [0, 0.05) is 19.7 Å². The van der Waals surface area contributed by atoms with Gasteiger partial charge in [-0.25, -0.2) is 12.7 Å². The van der Waals surface area contributed by atoms with Gasteiger partial charge >= 0.3 is 0 Å². The van der Waals surface area contributed by atoms with Gasteiger partial charge < -0.3 is 14.8 Å². The van der Waals surface area contributed by atoms with E-state index in [0.717, 1.165) is 16.7 Å². The number of hydrogen-bond donors (Lipinski definition) is 1. The summed E-state index contributed by atoms with van der Waals surface area (Å²) >= 11 is 0. The third-order valence-corrected chi connectivity index (χ3v) is 7.69. The van der Waals surface area contributed by atoms with Crippen molar-refractivity contribution in [3.05, 3.63) is 70.8 Å². The van der Waals surface area contributed by atoms with Crippen LogP contribution >= 0.6 is 0 Å². The number of amides is 1. The summed E-state index contributed by atoms with van der Waals surface area (Å²) in [5.74, 6) is 0.796. The standard InChI is InChI=1S/C25H26N2O5S/c1-6-27(5)33(29,30)24-13-19-22(14-23(24)31-18-9-8-16(3)17(4)12-18)32-21-10-7-15(2)11-20(21)26-25(19)28/h7-14H,6H2,1-5H3,(H,26,28). The van der Waals surface area contributed by atoms with E-state index in [-0.39, 0.29) is 28.5 Å². The zero-order valence-corrected chi connectivity index (χ0v) is 20.0. The first-order valence-corrected chi connectivity index (χ1v) is 12.0. The molecule has 1 amide bonds. The van der Waals surface area contributed by atoms with Crippen molar-refractivity contribution in [3.63, 3.8) is 0 Å². The summed E-state index contributed by atoms with van der Waals surface area (Å²) in [6.07, 6.45) is 0. The summed E-state index contributed by atoms with van der Waals surface area (Å²) in [4.78, 5) is 12.9. The Morgan fingerprint density at radius 1 is 0.970 bits per heavy atom. The number of anilines is 1. The highest BCUT2D eigenvalue weighted by molar-refractivity contribution is 7.89. The maximum Gasteiger partial charge on any atom is 0.259 e. The van der Waals surface area contributed by atoms with Crippen LogP contribution in [0.4, 0.5) is 5.69 Å². The molecule has 33 heavy (non-hydrogen) atoms. The van der Waals surface area contributed by atoms with Crippen LogP contribution < -0.4 is 14.8 Å². The van der Waals surface area contributed by atoms with Crippen LogP contribution in [0.5, 0.6) is 23.0 Å². The predicted octanol–water partition coefficient (Wildman–Crippen LogP) is 5.40. The summed E-state index contributed by atoms with van der Waals surface area (Å²) in [6.45, 7) is 7.84. The fraction of sp³-hybridized carbons (Fsp3) is 0.240. The highest BCUT2D eigenvalue weighted by Gasteiger charge is 2.30. The Balaban J connectivity index is 1.90. The molecule has 0 fully saturated rings. The molecule has 1 aliphatic heterocycles. The Morgan fingerprint density at radius 2 is 1.73 bits per heavy atom. The van der Waals surface area contributed by atoms with E-state index in [1.807, 2.05) is 39.0 Å². The van der Waals surface area contributed by atoms with Gasteiger partial charge in [-0.05, 0) is 67.8 Å². The molecular weight excluding hydrogens is 440 g/mol. The van der Waals surface area contributed by atoms with Crippen molar-refractivity contribution in [1.29, 1.82) is 0 Å². The van der Waals surface area contributed by atoms with E-state index in [1.165, 1.54) is 23.5 Å². The molecule has 0 bridgehead atoms. The Morgan fingerprint density at radius 3 is 2.42 bits per heavy atom. The van der Waals surface area contributed by atoms with Crippen molar-refractivity contribution in [2.45, 2.75) is 32.6 Å². The van der Waals surface area contributed by atoms with E-state index in [1.54, 1.807) is 25.1 Å². The number of benzene rings is 3. The normalized spacial score (nSPS) is 13.0. The number of nitrogens with zero attached hydrogens (tertiary/aromatic N) is 1. The van der Waals surface area contributed by atoms with E-state index < -0.39 is 15.9 Å². The molecule has 7 nitrogen and oxygen atoms in total. The lowest BCUT2D eigenvalue weighted by Crippen LogP contribution is -2.27. The number of aryl methyl sites for hydroxylation is 3. The SMILES string of the molecule is CCN(C)S(=O)(=O)c1cc2c(cc1Oc1ccc(C)c(C)c1)Oc1ccc(C)cc1NC2=O. The van der Waals surface area contributed by atoms with Crippen LogP contribution in [0.25, 0.3) is 0 Å². The van der Waals surface area contributed by atoms with Gasteiger partial charge in [0.25, 0.3) is 5.91 Å². The monoisotopic (exact) mass is 466 g/mol. The Hall–Kier alpha value is -3.36. The quantitative estimate of drug-likeness (QED) is 0.544. The molecule has 0 spiro atoms. The van der Waals surface area contributed by atoms with Gasteiger partial charge in [0.1, 0.15) is 16.4 Å². The van der Waals surface area contributed by atoms with Gasteiger partial charge in [-0.2, -0.15) is 0 Å². The molecule has 1 N–H and O–H groups in total. The fourth-order valence-corrected chi connectivity index (χ4v) is 4.76. The molecule has 1 heterocycles. The van der Waals surface area contributed by atoms with E-state index >= 15 is 0 Å². The number of rotatable bonds is 5. The number of hydrogen-bond acceptors (Lipinski definition) is 5. The van der Waals surface area contributed by atoms with Crippen LogP contribution in [0.15, 0.2) is 53.4 Å². The Kier molecular flexibility index (Phi) is 5.90. The van der Waals surface area contributed by atoms with Gasteiger partial charge in [0.15, 0.2) is 11.5 Å². The second kappa shape index (κ2) is 8.53. The highest BCUT2D eigenvalue weighted by atomic mass is 32.2. The van der Waals surface area contributed by atoms with Crippen molar-refractivity contribution in [2.24, 2.45) is 0 Å². The molecule has 0 aromatic heterocycles. The van der Waals surface area contributed by atoms with Gasteiger partial charge in [0.2, 0.25) is 10.0 Å². The van der Waals surface area contributed by atoms with Crippen molar-refractivity contribution >= 4 is 21.6 Å². The average molecular weight is 467 g/mol. The maximum atomic E-state index is 13.3. The molecule has 1 aliphatic rings. The number of carbonyl (C=O) groups is 1. The highest BCUT2D eigenvalue weighted by Crippen LogP contribution is 2.42. The summed E-state index contributed by atoms with van der Waals surface area (Å²) in [5.41, 5.74) is 3.68. The topological polar surface area (TPSA) is 84.9 Å². The Bertz CT molecular complexity index is 1370. The smallest absolute Gasteiger partial charge is 0.259 e. The first-order chi connectivity index (χ1) is 15.6. The van der Waals surface area contributed by atoms with Crippen molar-refractivity contribution in [1.82, 2.24) is 4.31 Å². The third-order valence-electron chi connectivity index (χ3n) is 5.73. The van der Waals surface area contributed by atoms with Crippen molar-refractivity contribution in [3.8, 4) is 23.0 Å². The molecule has 0 saturated carbocycles. The van der Waals surface area contributed by atoms with Gasteiger partial charge in [-0.3, -0.25) is 4.79 Å². The van der Waals surface area contributed by atoms with Crippen molar-refractivity contribution < 1.29 is 22.7 Å². The third kappa shape index (κ3) is 4.31. The molecular formula is C25H26N2O5S. The minimum atomic E-state index is -3.93. The number of ether oxygens (including phenoxy) is 2. The Labute approximate surface area is 194 Å². The fourth-order valence-electron chi connectivity index (χ4n) is 3.47. The van der Waals surface area contributed by atoms with E-state index in [2.05, 4.69) is 5.32 Å². The minimum Gasteiger partial charge on any atom is -0.456 e. The maximum absolute atomic E-state index is 13.3. The molecule has 0 aliphatic carbocycles. The molecule has 3 aromatic carbocycles. The summed E-state index contributed by atoms with van der Waals surface area (Å²) < 4.78 is 39.9. The van der Waals surface area contributed by atoms with Gasteiger partial charge in [-0.1, -0.05) is 19.1 Å². The van der Waals surface area contributed by atoms with Gasteiger partial charge in [-0.15, -0.1) is 0 Å². The lowest BCUT2D eigenvalue weighted by atomic mass is 10.1. The number of nitrogens with one attached hydrogen (secondary N) is 1. The molecule has 3 aromatic rings. The lowest BCUT2D eigenvalue weighted by Gasteiger charge is -2.20. The van der Waals surface area contributed by atoms with Crippen LogP contribution in [0, 0.1) is 20.8 Å². The van der Waals surface area contributed by atoms with Crippen LogP contribution in [-0.2, 0) is 10.0 Å². The molecule has 8 heteroatoms. The summed E-state index contributed by atoms with van der Waals surface area (Å²) in [5, 5.41) is 2.81. The zero-order chi connectivity index (χ0) is 23.9. The minimum absolute atomic E-state index is 0.0839. The molecule has 0 atom stereocenters. The molecule has 0 saturated heterocycles.